The Morgan fingerprint density at radius 2 is 1.86 bits per heavy atom. The molecule has 0 unspecified atom stereocenters. The molecule has 2 N–H and O–H groups in total. The summed E-state index contributed by atoms with van der Waals surface area (Å²) in [6.45, 7) is 0. The van der Waals surface area contributed by atoms with Crippen LogP contribution in [0.2, 0.25) is 0 Å². The molecular formula is C17H16N4O. The molecule has 0 spiro atoms. The maximum atomic E-state index is 12.0. The molecule has 1 amide bonds. The molecule has 110 valence electrons. The van der Waals surface area contributed by atoms with Crippen LogP contribution in [-0.2, 0) is 12.8 Å². The number of aryl methyl sites for hydroxylation is 2. The summed E-state index contributed by atoms with van der Waals surface area (Å²) in [6, 6.07) is 17.3. The highest BCUT2D eigenvalue weighted by Gasteiger charge is 2.09. The molecule has 0 saturated carbocycles. The first-order valence-electron chi connectivity index (χ1n) is 7.12. The molecule has 0 aliphatic rings. The van der Waals surface area contributed by atoms with Crippen LogP contribution in [0.4, 0.5) is 5.82 Å². The second-order valence-corrected chi connectivity index (χ2v) is 4.93. The zero-order valence-corrected chi connectivity index (χ0v) is 12.0. The summed E-state index contributed by atoms with van der Waals surface area (Å²) in [7, 11) is 0. The van der Waals surface area contributed by atoms with Gasteiger partial charge in [-0.3, -0.25) is 14.9 Å². The monoisotopic (exact) mass is 292 g/mol. The second kappa shape index (κ2) is 6.67. The number of amides is 1. The fraction of sp³-hybridized carbons (Fsp3) is 0.118. The van der Waals surface area contributed by atoms with Crippen molar-refractivity contribution in [3.05, 3.63) is 77.7 Å². The predicted octanol–water partition coefficient (Wildman–Crippen LogP) is 2.84. The molecule has 22 heavy (non-hydrogen) atoms. The van der Waals surface area contributed by atoms with Crippen molar-refractivity contribution in [1.82, 2.24) is 15.2 Å². The SMILES string of the molecule is O=C(Nc1cc(CCc2ccccc2)[nH]n1)c1ccccn1. The van der Waals surface area contributed by atoms with E-state index in [0.29, 0.717) is 11.5 Å². The number of carbonyl (C=O) groups excluding carboxylic acids is 1. The number of rotatable bonds is 5. The van der Waals surface area contributed by atoms with E-state index >= 15 is 0 Å². The van der Waals surface area contributed by atoms with Crippen molar-refractivity contribution in [2.45, 2.75) is 12.8 Å². The molecule has 0 saturated heterocycles. The van der Waals surface area contributed by atoms with E-state index in [0.717, 1.165) is 18.5 Å². The molecule has 0 aliphatic carbocycles. The van der Waals surface area contributed by atoms with Crippen molar-refractivity contribution in [3.8, 4) is 0 Å². The van der Waals surface area contributed by atoms with Gasteiger partial charge in [0.05, 0.1) is 0 Å². The van der Waals surface area contributed by atoms with Crippen LogP contribution in [0.25, 0.3) is 0 Å². The summed E-state index contributed by atoms with van der Waals surface area (Å²) >= 11 is 0. The lowest BCUT2D eigenvalue weighted by Gasteiger charge is -2.00. The Morgan fingerprint density at radius 3 is 2.64 bits per heavy atom. The Kier molecular flexibility index (Phi) is 4.25. The van der Waals surface area contributed by atoms with E-state index in [9.17, 15) is 4.79 Å². The number of hydrogen-bond acceptors (Lipinski definition) is 3. The number of hydrogen-bond donors (Lipinski definition) is 2. The van der Waals surface area contributed by atoms with Crippen molar-refractivity contribution in [3.63, 3.8) is 0 Å². The van der Waals surface area contributed by atoms with E-state index < -0.39 is 0 Å². The normalized spacial score (nSPS) is 10.4. The molecule has 0 fully saturated rings. The lowest BCUT2D eigenvalue weighted by Crippen LogP contribution is -2.13. The lowest BCUT2D eigenvalue weighted by molar-refractivity contribution is 0.102. The van der Waals surface area contributed by atoms with Gasteiger partial charge in [-0.25, -0.2) is 0 Å². The minimum atomic E-state index is -0.262. The Balaban J connectivity index is 1.58. The summed E-state index contributed by atoms with van der Waals surface area (Å²) < 4.78 is 0. The molecule has 3 aromatic rings. The van der Waals surface area contributed by atoms with Gasteiger partial charge in [-0.15, -0.1) is 0 Å². The van der Waals surface area contributed by atoms with Crippen LogP contribution >= 0.6 is 0 Å². The van der Waals surface area contributed by atoms with Crippen molar-refractivity contribution in [2.75, 3.05) is 5.32 Å². The van der Waals surface area contributed by atoms with Crippen LogP contribution in [0.15, 0.2) is 60.8 Å². The van der Waals surface area contributed by atoms with Crippen LogP contribution in [-0.4, -0.2) is 21.1 Å². The Bertz CT molecular complexity index is 738. The Hall–Kier alpha value is -2.95. The van der Waals surface area contributed by atoms with Gasteiger partial charge in [0.25, 0.3) is 5.91 Å². The quantitative estimate of drug-likeness (QED) is 0.759. The minimum absolute atomic E-state index is 0.262. The molecule has 5 heteroatoms. The summed E-state index contributed by atoms with van der Waals surface area (Å²) in [6.07, 6.45) is 3.36. The minimum Gasteiger partial charge on any atom is -0.304 e. The summed E-state index contributed by atoms with van der Waals surface area (Å²) in [4.78, 5) is 16.0. The van der Waals surface area contributed by atoms with Gasteiger partial charge in [0.15, 0.2) is 5.82 Å². The zero-order chi connectivity index (χ0) is 15.2. The smallest absolute Gasteiger partial charge is 0.275 e. The number of nitrogens with zero attached hydrogens (tertiary/aromatic N) is 2. The van der Waals surface area contributed by atoms with Crippen LogP contribution in [0.1, 0.15) is 21.7 Å². The average molecular weight is 292 g/mol. The fourth-order valence-corrected chi connectivity index (χ4v) is 2.15. The largest absolute Gasteiger partial charge is 0.304 e. The summed E-state index contributed by atoms with van der Waals surface area (Å²) in [5, 5.41) is 9.79. The zero-order valence-electron chi connectivity index (χ0n) is 12.0. The van der Waals surface area contributed by atoms with Crippen molar-refractivity contribution in [2.24, 2.45) is 0 Å². The number of aromatic nitrogens is 3. The predicted molar refractivity (Wildman–Crippen MR) is 84.6 cm³/mol. The van der Waals surface area contributed by atoms with Gasteiger partial charge in [0, 0.05) is 18.0 Å². The van der Waals surface area contributed by atoms with Gasteiger partial charge < -0.3 is 5.32 Å². The first kappa shape index (κ1) is 14.0. The molecule has 2 heterocycles. The number of pyridine rings is 1. The highest BCUT2D eigenvalue weighted by Crippen LogP contribution is 2.10. The molecule has 3 rings (SSSR count). The van der Waals surface area contributed by atoms with Gasteiger partial charge in [-0.2, -0.15) is 5.10 Å². The van der Waals surface area contributed by atoms with E-state index in [-0.39, 0.29) is 5.91 Å². The average Bonchev–Trinajstić information content (AvgIpc) is 3.02. The molecule has 0 radical (unpaired) electrons. The Morgan fingerprint density at radius 1 is 1.05 bits per heavy atom. The standard InChI is InChI=1S/C17H16N4O/c22-17(15-8-4-5-11-18-15)19-16-12-14(20-21-16)10-9-13-6-2-1-3-7-13/h1-8,11-12H,9-10H2,(H2,19,20,21,22). The first-order valence-corrected chi connectivity index (χ1v) is 7.12. The number of carbonyl (C=O) groups is 1. The highest BCUT2D eigenvalue weighted by molar-refractivity contribution is 6.02. The van der Waals surface area contributed by atoms with Gasteiger partial charge in [-0.1, -0.05) is 36.4 Å². The van der Waals surface area contributed by atoms with Crippen LogP contribution in [0.3, 0.4) is 0 Å². The van der Waals surface area contributed by atoms with Crippen LogP contribution in [0.5, 0.6) is 0 Å². The number of aromatic amines is 1. The third kappa shape index (κ3) is 3.58. The van der Waals surface area contributed by atoms with E-state index in [1.165, 1.54) is 5.56 Å². The number of benzene rings is 1. The van der Waals surface area contributed by atoms with Gasteiger partial charge >= 0.3 is 0 Å². The Labute approximate surface area is 128 Å². The van der Waals surface area contributed by atoms with Crippen molar-refractivity contribution in [1.29, 1.82) is 0 Å². The van der Waals surface area contributed by atoms with E-state index in [4.69, 9.17) is 0 Å². The number of H-pyrrole nitrogens is 1. The molecule has 0 atom stereocenters. The van der Waals surface area contributed by atoms with Crippen molar-refractivity contribution < 1.29 is 4.79 Å². The maximum Gasteiger partial charge on any atom is 0.275 e. The highest BCUT2D eigenvalue weighted by atomic mass is 16.1. The lowest BCUT2D eigenvalue weighted by atomic mass is 10.1. The van der Waals surface area contributed by atoms with Gasteiger partial charge in [0.1, 0.15) is 5.69 Å². The van der Waals surface area contributed by atoms with E-state index in [1.807, 2.05) is 24.3 Å². The number of anilines is 1. The molecule has 0 aliphatic heterocycles. The van der Waals surface area contributed by atoms with Gasteiger partial charge in [-0.05, 0) is 30.5 Å². The fourth-order valence-electron chi connectivity index (χ4n) is 2.15. The van der Waals surface area contributed by atoms with Crippen LogP contribution in [0, 0.1) is 0 Å². The topological polar surface area (TPSA) is 70.7 Å². The first-order chi connectivity index (χ1) is 10.8. The van der Waals surface area contributed by atoms with E-state index in [1.54, 1.807) is 24.4 Å². The van der Waals surface area contributed by atoms with Crippen LogP contribution < -0.4 is 5.32 Å². The molecule has 0 bridgehead atoms. The maximum absolute atomic E-state index is 12.0. The van der Waals surface area contributed by atoms with Gasteiger partial charge in [0.2, 0.25) is 0 Å². The molecule has 2 aromatic heterocycles. The third-order valence-corrected chi connectivity index (χ3v) is 3.30. The molecular weight excluding hydrogens is 276 g/mol. The molecule has 1 aromatic carbocycles. The molecule has 5 nitrogen and oxygen atoms in total. The summed E-state index contributed by atoms with van der Waals surface area (Å²) in [5.74, 6) is 0.250. The number of nitrogens with one attached hydrogen (secondary N) is 2. The third-order valence-electron chi connectivity index (χ3n) is 3.30. The van der Waals surface area contributed by atoms with Crippen molar-refractivity contribution >= 4 is 11.7 Å². The van der Waals surface area contributed by atoms with E-state index in [2.05, 4.69) is 32.6 Å². The second-order valence-electron chi connectivity index (χ2n) is 4.93. The summed E-state index contributed by atoms with van der Waals surface area (Å²) in [5.41, 5.74) is 2.63.